The lowest BCUT2D eigenvalue weighted by Crippen LogP contribution is -1.99. The van der Waals surface area contributed by atoms with E-state index < -0.39 is 0 Å². The smallest absolute Gasteiger partial charge is 0.235 e. The van der Waals surface area contributed by atoms with E-state index in [1.54, 1.807) is 24.9 Å². The number of pyridine rings is 1. The molecule has 1 aromatic carbocycles. The number of hydrogen-bond donors (Lipinski definition) is 0. The van der Waals surface area contributed by atoms with Crippen LogP contribution in [0.2, 0.25) is 0 Å². The number of nitrogens with zero attached hydrogens (tertiary/aromatic N) is 5. The van der Waals surface area contributed by atoms with Gasteiger partial charge in [-0.05, 0) is 29.8 Å². The van der Waals surface area contributed by atoms with Crippen LogP contribution in [0, 0.1) is 0 Å². The Morgan fingerprint density at radius 3 is 2.68 bits per heavy atom. The highest BCUT2D eigenvalue weighted by Gasteiger charge is 2.14. The monoisotopic (exact) mass is 353 g/mol. The summed E-state index contributed by atoms with van der Waals surface area (Å²) in [4.78, 5) is 5.08. The van der Waals surface area contributed by atoms with Gasteiger partial charge in [-0.1, -0.05) is 23.5 Å². The molecule has 4 aromatic rings. The van der Waals surface area contributed by atoms with Gasteiger partial charge < -0.3 is 9.47 Å². The van der Waals surface area contributed by atoms with Crippen LogP contribution in [0.5, 0.6) is 11.5 Å². The van der Waals surface area contributed by atoms with Gasteiger partial charge >= 0.3 is 0 Å². The summed E-state index contributed by atoms with van der Waals surface area (Å²) in [7, 11) is 3.24. The molecule has 0 saturated heterocycles. The van der Waals surface area contributed by atoms with Crippen molar-refractivity contribution < 1.29 is 9.47 Å². The van der Waals surface area contributed by atoms with E-state index in [0.29, 0.717) is 17.9 Å². The second-order valence-corrected chi connectivity index (χ2v) is 6.25. The largest absolute Gasteiger partial charge is 0.493 e. The SMILES string of the molecule is COc1ccc(Cc2nnc3sc(-c4ccccn4)nn23)cc1OC. The maximum Gasteiger partial charge on any atom is 0.235 e. The van der Waals surface area contributed by atoms with Crippen LogP contribution < -0.4 is 9.47 Å². The lowest BCUT2D eigenvalue weighted by atomic mass is 10.1. The third-order valence-corrected chi connectivity index (χ3v) is 4.67. The summed E-state index contributed by atoms with van der Waals surface area (Å²) in [6.07, 6.45) is 2.34. The fourth-order valence-electron chi connectivity index (χ4n) is 2.53. The Labute approximate surface area is 147 Å². The van der Waals surface area contributed by atoms with E-state index in [1.165, 1.54) is 11.3 Å². The number of rotatable bonds is 5. The molecule has 7 nitrogen and oxygen atoms in total. The molecule has 4 rings (SSSR count). The Hall–Kier alpha value is -3.00. The van der Waals surface area contributed by atoms with Gasteiger partial charge in [-0.25, -0.2) is 0 Å². The van der Waals surface area contributed by atoms with Crippen LogP contribution in [0.3, 0.4) is 0 Å². The maximum absolute atomic E-state index is 5.36. The first-order valence-electron chi connectivity index (χ1n) is 7.62. The van der Waals surface area contributed by atoms with Gasteiger partial charge in [0.05, 0.1) is 14.2 Å². The van der Waals surface area contributed by atoms with E-state index >= 15 is 0 Å². The van der Waals surface area contributed by atoms with Gasteiger partial charge in [-0.15, -0.1) is 10.2 Å². The quantitative estimate of drug-likeness (QED) is 0.549. The normalized spacial score (nSPS) is 11.0. The molecule has 0 radical (unpaired) electrons. The van der Waals surface area contributed by atoms with Gasteiger partial charge in [0.25, 0.3) is 0 Å². The number of benzene rings is 1. The van der Waals surface area contributed by atoms with Crippen LogP contribution in [0.4, 0.5) is 0 Å². The maximum atomic E-state index is 5.36. The van der Waals surface area contributed by atoms with Crippen LogP contribution in [0.25, 0.3) is 15.7 Å². The lowest BCUT2D eigenvalue weighted by Gasteiger charge is -2.08. The summed E-state index contributed by atoms with van der Waals surface area (Å²) in [5, 5.41) is 13.9. The minimum absolute atomic E-state index is 0.590. The number of ether oxygens (including phenoxy) is 2. The van der Waals surface area contributed by atoms with Crippen molar-refractivity contribution in [1.29, 1.82) is 0 Å². The molecule has 0 spiro atoms. The molecule has 126 valence electrons. The first kappa shape index (κ1) is 15.5. The van der Waals surface area contributed by atoms with Crippen LogP contribution in [0.1, 0.15) is 11.4 Å². The molecule has 0 aliphatic carbocycles. The van der Waals surface area contributed by atoms with Gasteiger partial charge in [-0.3, -0.25) is 4.98 Å². The fourth-order valence-corrected chi connectivity index (χ4v) is 3.37. The second-order valence-electron chi connectivity index (χ2n) is 5.30. The Kier molecular flexibility index (Phi) is 4.02. The minimum Gasteiger partial charge on any atom is -0.493 e. The van der Waals surface area contributed by atoms with Crippen LogP contribution in [-0.2, 0) is 6.42 Å². The van der Waals surface area contributed by atoms with Crippen molar-refractivity contribution >= 4 is 16.3 Å². The van der Waals surface area contributed by atoms with Crippen molar-refractivity contribution in [3.63, 3.8) is 0 Å². The molecule has 8 heteroatoms. The molecule has 25 heavy (non-hydrogen) atoms. The molecule has 0 fully saturated rings. The molecule has 0 bridgehead atoms. The van der Waals surface area contributed by atoms with Gasteiger partial charge in [0.2, 0.25) is 4.96 Å². The molecule has 0 unspecified atom stereocenters. The number of fused-ring (bicyclic) bond motifs is 1. The Bertz CT molecular complexity index is 1010. The highest BCUT2D eigenvalue weighted by molar-refractivity contribution is 7.19. The van der Waals surface area contributed by atoms with Crippen molar-refractivity contribution in [2.45, 2.75) is 6.42 Å². The minimum atomic E-state index is 0.590. The fraction of sp³-hybridized carbons (Fsp3) is 0.176. The molecule has 0 N–H and O–H groups in total. The molecule has 3 aromatic heterocycles. The van der Waals surface area contributed by atoms with Crippen LogP contribution in [-0.4, -0.2) is 39.0 Å². The highest BCUT2D eigenvalue weighted by atomic mass is 32.1. The van der Waals surface area contributed by atoms with Gasteiger partial charge in [0, 0.05) is 12.6 Å². The average Bonchev–Trinajstić information content (AvgIpc) is 3.24. The summed E-state index contributed by atoms with van der Waals surface area (Å²) in [6.45, 7) is 0. The lowest BCUT2D eigenvalue weighted by molar-refractivity contribution is 0.354. The van der Waals surface area contributed by atoms with Gasteiger partial charge in [-0.2, -0.15) is 9.61 Å². The Morgan fingerprint density at radius 1 is 1.04 bits per heavy atom. The average molecular weight is 353 g/mol. The number of aromatic nitrogens is 5. The molecule has 0 amide bonds. The molecular weight excluding hydrogens is 338 g/mol. The van der Waals surface area contributed by atoms with Crippen molar-refractivity contribution in [3.8, 4) is 22.2 Å². The predicted octanol–water partition coefficient (Wildman–Crippen LogP) is 2.86. The standard InChI is InChI=1S/C17H15N5O2S/c1-23-13-7-6-11(9-14(13)24-2)10-15-19-20-17-22(15)21-16(25-17)12-5-3-4-8-18-12/h3-9H,10H2,1-2H3. The van der Waals surface area contributed by atoms with Crippen LogP contribution >= 0.6 is 11.3 Å². The van der Waals surface area contributed by atoms with Gasteiger partial charge in [0.15, 0.2) is 22.3 Å². The summed E-state index contributed by atoms with van der Waals surface area (Å²) < 4.78 is 12.4. The third-order valence-electron chi connectivity index (χ3n) is 3.75. The van der Waals surface area contributed by atoms with Crippen molar-refractivity contribution in [2.24, 2.45) is 0 Å². The topological polar surface area (TPSA) is 74.4 Å². The van der Waals surface area contributed by atoms with Crippen molar-refractivity contribution in [3.05, 3.63) is 54.0 Å². The second kappa shape index (κ2) is 6.48. The Morgan fingerprint density at radius 2 is 1.92 bits per heavy atom. The van der Waals surface area contributed by atoms with E-state index in [9.17, 15) is 0 Å². The van der Waals surface area contributed by atoms with Crippen molar-refractivity contribution in [1.82, 2.24) is 24.8 Å². The van der Waals surface area contributed by atoms with Crippen LogP contribution in [0.15, 0.2) is 42.6 Å². The number of hydrogen-bond acceptors (Lipinski definition) is 7. The zero-order valence-corrected chi connectivity index (χ0v) is 14.5. The third kappa shape index (κ3) is 2.91. The summed E-state index contributed by atoms with van der Waals surface area (Å²) in [5.41, 5.74) is 1.87. The summed E-state index contributed by atoms with van der Waals surface area (Å²) >= 11 is 1.47. The zero-order valence-electron chi connectivity index (χ0n) is 13.7. The zero-order chi connectivity index (χ0) is 17.2. The van der Waals surface area contributed by atoms with E-state index in [-0.39, 0.29) is 0 Å². The highest BCUT2D eigenvalue weighted by Crippen LogP contribution is 2.29. The molecule has 0 saturated carbocycles. The summed E-state index contributed by atoms with van der Waals surface area (Å²) in [6, 6.07) is 11.6. The van der Waals surface area contributed by atoms with Gasteiger partial charge in [0.1, 0.15) is 5.69 Å². The van der Waals surface area contributed by atoms with E-state index in [0.717, 1.165) is 27.1 Å². The molecule has 0 aliphatic rings. The molecule has 3 heterocycles. The Balaban J connectivity index is 1.67. The summed E-state index contributed by atoms with van der Waals surface area (Å²) in [5.74, 6) is 2.15. The van der Waals surface area contributed by atoms with Crippen molar-refractivity contribution in [2.75, 3.05) is 14.2 Å². The number of methoxy groups -OCH3 is 2. The molecular formula is C17H15N5O2S. The first-order valence-corrected chi connectivity index (χ1v) is 8.43. The predicted molar refractivity (Wildman–Crippen MR) is 94.2 cm³/mol. The van der Waals surface area contributed by atoms with E-state index in [4.69, 9.17) is 9.47 Å². The molecule has 0 aliphatic heterocycles. The first-order chi connectivity index (χ1) is 12.3. The molecule has 0 atom stereocenters. The van der Waals surface area contributed by atoms with E-state index in [1.807, 2.05) is 36.4 Å². The van der Waals surface area contributed by atoms with E-state index in [2.05, 4.69) is 20.3 Å².